The van der Waals surface area contributed by atoms with E-state index in [-0.39, 0.29) is 31.6 Å². The average molecular weight is 405 g/mol. The summed E-state index contributed by atoms with van der Waals surface area (Å²) in [4.78, 5) is 17.2. The molecule has 0 radical (unpaired) electrons. The fourth-order valence-electron chi connectivity index (χ4n) is 3.46. The third-order valence-corrected chi connectivity index (χ3v) is 5.34. The van der Waals surface area contributed by atoms with Crippen LogP contribution in [0.3, 0.4) is 0 Å². The molecule has 9 heteroatoms. The van der Waals surface area contributed by atoms with E-state index in [9.17, 15) is 9.90 Å². The number of aromatic amines is 1. The number of H-pyrrole nitrogens is 1. The lowest BCUT2D eigenvalue weighted by molar-refractivity contribution is 0.113. The summed E-state index contributed by atoms with van der Waals surface area (Å²) in [5, 5.41) is 14.0. The number of thiocarbonyl (C=S) groups is 1. The molecule has 2 aromatic rings. The predicted octanol–water partition coefficient (Wildman–Crippen LogP) is 1.10. The molecule has 2 aliphatic rings. The smallest absolute Gasteiger partial charge is 0.253 e. The van der Waals surface area contributed by atoms with Crippen molar-refractivity contribution in [1.82, 2.24) is 15.2 Å². The summed E-state index contributed by atoms with van der Waals surface area (Å²) in [6, 6.07) is 5.44. The fraction of sp³-hybridized carbons (Fsp3) is 0.474. The van der Waals surface area contributed by atoms with Gasteiger partial charge < -0.3 is 34.5 Å². The number of aliphatic hydroxyl groups is 1. The van der Waals surface area contributed by atoms with Gasteiger partial charge in [-0.05, 0) is 37.2 Å². The van der Waals surface area contributed by atoms with Crippen molar-refractivity contribution in [3.8, 4) is 11.5 Å². The Balaban J connectivity index is 1.51. The van der Waals surface area contributed by atoms with E-state index >= 15 is 0 Å². The zero-order valence-electron chi connectivity index (χ0n) is 15.4. The first kappa shape index (κ1) is 19.0. The van der Waals surface area contributed by atoms with Gasteiger partial charge in [0, 0.05) is 36.7 Å². The van der Waals surface area contributed by atoms with Crippen molar-refractivity contribution in [2.24, 2.45) is 0 Å². The first-order chi connectivity index (χ1) is 13.6. The first-order valence-corrected chi connectivity index (χ1v) is 9.75. The van der Waals surface area contributed by atoms with E-state index in [0.717, 1.165) is 24.8 Å². The van der Waals surface area contributed by atoms with Gasteiger partial charge in [-0.25, -0.2) is 0 Å². The number of benzene rings is 1. The van der Waals surface area contributed by atoms with E-state index in [2.05, 4.69) is 10.3 Å². The highest BCUT2D eigenvalue weighted by Crippen LogP contribution is 2.35. The maximum Gasteiger partial charge on any atom is 0.253 e. The minimum atomic E-state index is -0.198. The number of nitrogens with one attached hydrogen (secondary N) is 2. The van der Waals surface area contributed by atoms with E-state index in [1.807, 2.05) is 12.1 Å². The molecule has 1 unspecified atom stereocenters. The van der Waals surface area contributed by atoms with Crippen molar-refractivity contribution >= 4 is 28.2 Å². The van der Waals surface area contributed by atoms with Crippen LogP contribution in [0.25, 0.3) is 10.9 Å². The molecule has 2 aliphatic heterocycles. The number of aromatic nitrogens is 1. The summed E-state index contributed by atoms with van der Waals surface area (Å²) in [6.07, 6.45) is 2.22. The van der Waals surface area contributed by atoms with E-state index in [1.54, 1.807) is 11.0 Å². The molecule has 1 atom stereocenters. The molecule has 1 aromatic carbocycles. The molecular weight excluding hydrogens is 382 g/mol. The molecule has 1 fully saturated rings. The van der Waals surface area contributed by atoms with Gasteiger partial charge in [-0.2, -0.15) is 0 Å². The van der Waals surface area contributed by atoms with Gasteiger partial charge >= 0.3 is 0 Å². The highest BCUT2D eigenvalue weighted by atomic mass is 32.1. The van der Waals surface area contributed by atoms with E-state index in [4.69, 9.17) is 26.4 Å². The number of pyridine rings is 1. The van der Waals surface area contributed by atoms with Crippen molar-refractivity contribution in [3.63, 3.8) is 0 Å². The third-order valence-electron chi connectivity index (χ3n) is 4.94. The monoisotopic (exact) mass is 405 g/mol. The lowest BCUT2D eigenvalue weighted by Crippen LogP contribution is -2.44. The Morgan fingerprint density at radius 2 is 2.14 bits per heavy atom. The maximum atomic E-state index is 12.6. The van der Waals surface area contributed by atoms with Crippen molar-refractivity contribution in [2.75, 3.05) is 33.1 Å². The Bertz CT molecular complexity index is 926. The van der Waals surface area contributed by atoms with Gasteiger partial charge in [-0.3, -0.25) is 4.79 Å². The molecule has 0 bridgehead atoms. The zero-order valence-corrected chi connectivity index (χ0v) is 16.2. The average Bonchev–Trinajstić information content (AvgIpc) is 3.36. The second kappa shape index (κ2) is 8.34. The summed E-state index contributed by atoms with van der Waals surface area (Å²) in [5.41, 5.74) is 1.04. The second-order valence-corrected chi connectivity index (χ2v) is 7.27. The summed E-state index contributed by atoms with van der Waals surface area (Å²) in [6.45, 7) is 2.14. The number of hydrogen-bond acceptors (Lipinski definition) is 6. The van der Waals surface area contributed by atoms with Crippen LogP contribution < -0.4 is 20.3 Å². The van der Waals surface area contributed by atoms with Crippen LogP contribution in [0.1, 0.15) is 18.4 Å². The fourth-order valence-corrected chi connectivity index (χ4v) is 3.69. The molecule has 28 heavy (non-hydrogen) atoms. The zero-order chi connectivity index (χ0) is 19.5. The Hall–Kier alpha value is -2.36. The van der Waals surface area contributed by atoms with Crippen molar-refractivity contribution in [1.29, 1.82) is 0 Å². The molecule has 3 N–H and O–H groups in total. The van der Waals surface area contributed by atoms with E-state index in [0.29, 0.717) is 40.8 Å². The molecular formula is C19H23N3O5S. The summed E-state index contributed by atoms with van der Waals surface area (Å²) in [5.74, 6) is 1.28. The SMILES string of the molecule is O=c1[nH]c2cc3c(cc2cc1CN(CCO)C(=S)NCC1CCCO1)OCO3. The molecule has 0 spiro atoms. The number of aliphatic hydroxyl groups excluding tert-OH is 1. The first-order valence-electron chi connectivity index (χ1n) is 9.35. The van der Waals surface area contributed by atoms with Crippen LogP contribution in [0.4, 0.5) is 0 Å². The van der Waals surface area contributed by atoms with Crippen molar-refractivity contribution < 1.29 is 19.3 Å². The number of nitrogens with zero attached hydrogens (tertiary/aromatic N) is 1. The summed E-state index contributed by atoms with van der Waals surface area (Å²) < 4.78 is 16.4. The van der Waals surface area contributed by atoms with E-state index < -0.39 is 0 Å². The summed E-state index contributed by atoms with van der Waals surface area (Å²) >= 11 is 5.48. The molecule has 0 saturated carbocycles. The predicted molar refractivity (Wildman–Crippen MR) is 108 cm³/mol. The lowest BCUT2D eigenvalue weighted by Gasteiger charge is -2.26. The molecule has 1 saturated heterocycles. The van der Waals surface area contributed by atoms with Gasteiger partial charge in [0.05, 0.1) is 24.8 Å². The van der Waals surface area contributed by atoms with Crippen LogP contribution >= 0.6 is 12.2 Å². The number of fused-ring (bicyclic) bond motifs is 2. The van der Waals surface area contributed by atoms with Gasteiger partial charge in [0.1, 0.15) is 0 Å². The van der Waals surface area contributed by atoms with Crippen LogP contribution in [-0.2, 0) is 11.3 Å². The minimum absolute atomic E-state index is 0.0636. The largest absolute Gasteiger partial charge is 0.454 e. The normalized spacial score (nSPS) is 17.8. The topological polar surface area (TPSA) is 96.1 Å². The number of rotatable bonds is 6. The Morgan fingerprint density at radius 3 is 2.89 bits per heavy atom. The van der Waals surface area contributed by atoms with Crippen LogP contribution in [0.15, 0.2) is 23.0 Å². The maximum absolute atomic E-state index is 12.6. The number of hydrogen-bond donors (Lipinski definition) is 3. The van der Waals surface area contributed by atoms with Crippen LogP contribution in [0.2, 0.25) is 0 Å². The van der Waals surface area contributed by atoms with Crippen LogP contribution in [0, 0.1) is 0 Å². The number of ether oxygens (including phenoxy) is 3. The molecule has 0 aliphatic carbocycles. The van der Waals surface area contributed by atoms with Crippen LogP contribution in [0.5, 0.6) is 11.5 Å². The van der Waals surface area contributed by atoms with Gasteiger partial charge in [0.2, 0.25) is 6.79 Å². The van der Waals surface area contributed by atoms with Gasteiger partial charge in [-0.15, -0.1) is 0 Å². The van der Waals surface area contributed by atoms with Crippen LogP contribution in [-0.4, -0.2) is 59.3 Å². The second-order valence-electron chi connectivity index (χ2n) is 6.88. The molecule has 1 aromatic heterocycles. The third kappa shape index (κ3) is 4.06. The highest BCUT2D eigenvalue weighted by molar-refractivity contribution is 7.80. The lowest BCUT2D eigenvalue weighted by atomic mass is 10.1. The minimum Gasteiger partial charge on any atom is -0.454 e. The Morgan fingerprint density at radius 1 is 1.32 bits per heavy atom. The standard InChI is InChI=1S/C19H23N3O5S/c23-4-3-22(19(28)20-9-14-2-1-5-25-14)10-13-6-12-7-16-17(27-11-26-16)8-15(12)21-18(13)24/h6-8,14,23H,1-5,9-11H2,(H,20,28)(H,21,24). The molecule has 8 nitrogen and oxygen atoms in total. The molecule has 150 valence electrons. The molecule has 4 rings (SSSR count). The Labute approximate surface area is 167 Å². The quantitative estimate of drug-likeness (QED) is 0.615. The van der Waals surface area contributed by atoms with E-state index in [1.165, 1.54) is 0 Å². The van der Waals surface area contributed by atoms with Crippen molar-refractivity contribution in [3.05, 3.63) is 34.1 Å². The van der Waals surface area contributed by atoms with Crippen molar-refractivity contribution in [2.45, 2.75) is 25.5 Å². The van der Waals surface area contributed by atoms with Gasteiger partial charge in [0.25, 0.3) is 5.56 Å². The van der Waals surface area contributed by atoms with Gasteiger partial charge in [-0.1, -0.05) is 0 Å². The molecule has 3 heterocycles. The highest BCUT2D eigenvalue weighted by Gasteiger charge is 2.19. The summed E-state index contributed by atoms with van der Waals surface area (Å²) in [7, 11) is 0. The molecule has 0 amide bonds. The van der Waals surface area contributed by atoms with Gasteiger partial charge in [0.15, 0.2) is 16.6 Å². The Kier molecular flexibility index (Phi) is 5.65.